The highest BCUT2D eigenvalue weighted by atomic mass is 35.5. The molecular formula is C16H23ClF3NO. The molecule has 1 aliphatic rings. The second-order valence-electron chi connectivity index (χ2n) is 5.49. The van der Waals surface area contributed by atoms with E-state index in [-0.39, 0.29) is 18.5 Å². The van der Waals surface area contributed by atoms with Gasteiger partial charge < -0.3 is 4.74 Å². The number of benzene rings is 1. The van der Waals surface area contributed by atoms with E-state index in [2.05, 4.69) is 11.8 Å². The SMILES string of the molecule is CCCCCN1CCOC(c2cccc(C(F)(F)F)c2)C1.Cl. The smallest absolute Gasteiger partial charge is 0.371 e. The molecule has 1 unspecified atom stereocenters. The van der Waals surface area contributed by atoms with Crippen LogP contribution < -0.4 is 0 Å². The van der Waals surface area contributed by atoms with Gasteiger partial charge in [-0.1, -0.05) is 31.9 Å². The number of rotatable bonds is 5. The van der Waals surface area contributed by atoms with Crippen LogP contribution in [-0.4, -0.2) is 31.1 Å². The van der Waals surface area contributed by atoms with Crippen LogP contribution in [0.1, 0.15) is 43.4 Å². The molecule has 1 aromatic carbocycles. The number of nitrogens with zero attached hydrogens (tertiary/aromatic N) is 1. The fourth-order valence-electron chi connectivity index (χ4n) is 2.61. The summed E-state index contributed by atoms with van der Waals surface area (Å²) in [5, 5.41) is 0. The number of ether oxygens (including phenoxy) is 1. The molecule has 0 bridgehead atoms. The fraction of sp³-hybridized carbons (Fsp3) is 0.625. The molecule has 0 radical (unpaired) electrons. The highest BCUT2D eigenvalue weighted by molar-refractivity contribution is 5.85. The molecule has 22 heavy (non-hydrogen) atoms. The summed E-state index contributed by atoms with van der Waals surface area (Å²) in [4.78, 5) is 2.28. The van der Waals surface area contributed by atoms with E-state index in [4.69, 9.17) is 4.74 Å². The zero-order chi connectivity index (χ0) is 15.3. The van der Waals surface area contributed by atoms with Crippen LogP contribution in [0.3, 0.4) is 0 Å². The quantitative estimate of drug-likeness (QED) is 0.723. The average molecular weight is 338 g/mol. The molecule has 1 aromatic rings. The van der Waals surface area contributed by atoms with E-state index in [1.54, 1.807) is 6.07 Å². The van der Waals surface area contributed by atoms with Crippen molar-refractivity contribution in [3.8, 4) is 0 Å². The van der Waals surface area contributed by atoms with Crippen LogP contribution in [-0.2, 0) is 10.9 Å². The van der Waals surface area contributed by atoms with Crippen LogP contribution in [0.5, 0.6) is 0 Å². The number of unbranched alkanes of at least 4 members (excludes halogenated alkanes) is 2. The first kappa shape index (κ1) is 19.3. The van der Waals surface area contributed by atoms with E-state index in [0.29, 0.717) is 18.7 Å². The maximum Gasteiger partial charge on any atom is 0.416 e. The third-order valence-corrected chi connectivity index (χ3v) is 3.81. The minimum Gasteiger partial charge on any atom is -0.371 e. The first-order valence-corrected chi connectivity index (χ1v) is 7.52. The van der Waals surface area contributed by atoms with Crippen molar-refractivity contribution in [2.75, 3.05) is 26.2 Å². The zero-order valence-electron chi connectivity index (χ0n) is 12.7. The molecule has 1 aliphatic heterocycles. The van der Waals surface area contributed by atoms with Crippen LogP contribution >= 0.6 is 12.4 Å². The maximum atomic E-state index is 12.8. The van der Waals surface area contributed by atoms with Crippen molar-refractivity contribution in [3.05, 3.63) is 35.4 Å². The van der Waals surface area contributed by atoms with Gasteiger partial charge in [-0.05, 0) is 30.7 Å². The Kier molecular flexibility index (Phi) is 7.66. The molecule has 1 fully saturated rings. The van der Waals surface area contributed by atoms with Gasteiger partial charge in [-0.25, -0.2) is 0 Å². The van der Waals surface area contributed by atoms with Gasteiger partial charge in [0.15, 0.2) is 0 Å². The lowest BCUT2D eigenvalue weighted by Crippen LogP contribution is -2.38. The van der Waals surface area contributed by atoms with Crippen molar-refractivity contribution in [2.45, 2.75) is 38.5 Å². The molecule has 0 aliphatic carbocycles. The minimum atomic E-state index is -4.30. The van der Waals surface area contributed by atoms with Crippen LogP contribution in [0.2, 0.25) is 0 Å². The number of alkyl halides is 3. The minimum absolute atomic E-state index is 0. The number of morpholine rings is 1. The molecule has 0 N–H and O–H groups in total. The highest BCUT2D eigenvalue weighted by Crippen LogP contribution is 2.32. The Morgan fingerprint density at radius 2 is 2.05 bits per heavy atom. The number of hydrogen-bond donors (Lipinski definition) is 0. The molecule has 6 heteroatoms. The Bertz CT molecular complexity index is 453. The topological polar surface area (TPSA) is 12.5 Å². The lowest BCUT2D eigenvalue weighted by atomic mass is 10.0. The Labute approximate surface area is 136 Å². The van der Waals surface area contributed by atoms with Crippen LogP contribution in [0.15, 0.2) is 24.3 Å². The lowest BCUT2D eigenvalue weighted by molar-refractivity contribution is -0.137. The summed E-state index contributed by atoms with van der Waals surface area (Å²) in [7, 11) is 0. The Hall–Kier alpha value is -0.780. The van der Waals surface area contributed by atoms with Crippen molar-refractivity contribution in [2.24, 2.45) is 0 Å². The third kappa shape index (κ3) is 5.45. The monoisotopic (exact) mass is 337 g/mol. The average Bonchev–Trinajstić information content (AvgIpc) is 2.47. The van der Waals surface area contributed by atoms with Gasteiger partial charge in [0.1, 0.15) is 0 Å². The fourth-order valence-corrected chi connectivity index (χ4v) is 2.61. The predicted molar refractivity (Wildman–Crippen MR) is 83.4 cm³/mol. The Balaban J connectivity index is 0.00000242. The van der Waals surface area contributed by atoms with Crippen LogP contribution in [0.4, 0.5) is 13.2 Å². The summed E-state index contributed by atoms with van der Waals surface area (Å²) in [5.74, 6) is 0. The van der Waals surface area contributed by atoms with E-state index in [9.17, 15) is 13.2 Å². The van der Waals surface area contributed by atoms with Gasteiger partial charge in [0.2, 0.25) is 0 Å². The van der Waals surface area contributed by atoms with E-state index in [0.717, 1.165) is 25.6 Å². The first-order valence-electron chi connectivity index (χ1n) is 7.52. The van der Waals surface area contributed by atoms with Gasteiger partial charge in [0, 0.05) is 13.1 Å². The van der Waals surface area contributed by atoms with E-state index in [1.807, 2.05) is 0 Å². The predicted octanol–water partition coefficient (Wildman–Crippen LogP) is 4.69. The van der Waals surface area contributed by atoms with Crippen molar-refractivity contribution < 1.29 is 17.9 Å². The molecule has 2 nitrogen and oxygen atoms in total. The second-order valence-corrected chi connectivity index (χ2v) is 5.49. The summed E-state index contributed by atoms with van der Waals surface area (Å²) < 4.78 is 44.0. The van der Waals surface area contributed by atoms with Gasteiger partial charge >= 0.3 is 6.18 Å². The molecule has 0 aromatic heterocycles. The van der Waals surface area contributed by atoms with Crippen LogP contribution in [0, 0.1) is 0 Å². The second kappa shape index (κ2) is 8.75. The van der Waals surface area contributed by atoms with Crippen molar-refractivity contribution >= 4 is 12.4 Å². The molecule has 2 rings (SSSR count). The van der Waals surface area contributed by atoms with Gasteiger partial charge in [-0.3, -0.25) is 4.90 Å². The largest absolute Gasteiger partial charge is 0.416 e. The van der Waals surface area contributed by atoms with Crippen molar-refractivity contribution in [1.82, 2.24) is 4.90 Å². The molecule has 0 amide bonds. The lowest BCUT2D eigenvalue weighted by Gasteiger charge is -2.33. The highest BCUT2D eigenvalue weighted by Gasteiger charge is 2.31. The van der Waals surface area contributed by atoms with Crippen molar-refractivity contribution in [3.63, 3.8) is 0 Å². The van der Waals surface area contributed by atoms with Crippen molar-refractivity contribution in [1.29, 1.82) is 0 Å². The van der Waals surface area contributed by atoms with E-state index in [1.165, 1.54) is 25.0 Å². The third-order valence-electron chi connectivity index (χ3n) is 3.81. The Morgan fingerprint density at radius 1 is 1.27 bits per heavy atom. The normalized spacial score (nSPS) is 19.7. The van der Waals surface area contributed by atoms with Gasteiger partial charge in [-0.2, -0.15) is 13.2 Å². The van der Waals surface area contributed by atoms with E-state index >= 15 is 0 Å². The Morgan fingerprint density at radius 3 is 2.73 bits per heavy atom. The summed E-state index contributed by atoms with van der Waals surface area (Å²) in [6.07, 6.45) is -1.08. The summed E-state index contributed by atoms with van der Waals surface area (Å²) in [5.41, 5.74) is 0.0109. The molecule has 1 atom stereocenters. The van der Waals surface area contributed by atoms with E-state index < -0.39 is 11.7 Å². The molecule has 1 saturated heterocycles. The zero-order valence-corrected chi connectivity index (χ0v) is 13.6. The summed E-state index contributed by atoms with van der Waals surface area (Å²) >= 11 is 0. The molecule has 1 heterocycles. The van der Waals surface area contributed by atoms with Gasteiger partial charge in [-0.15, -0.1) is 12.4 Å². The summed E-state index contributed by atoms with van der Waals surface area (Å²) in [6, 6.07) is 5.48. The first-order chi connectivity index (χ1) is 10.0. The number of halogens is 4. The molecule has 0 saturated carbocycles. The standard InChI is InChI=1S/C16H22F3NO.ClH/c1-2-3-4-8-20-9-10-21-15(12-20)13-6-5-7-14(11-13)16(17,18)19;/h5-7,11,15H,2-4,8-10,12H2,1H3;1H. The summed E-state index contributed by atoms with van der Waals surface area (Å²) in [6.45, 7) is 5.26. The van der Waals surface area contributed by atoms with Crippen LogP contribution in [0.25, 0.3) is 0 Å². The maximum absolute atomic E-state index is 12.8. The number of hydrogen-bond acceptors (Lipinski definition) is 2. The van der Waals surface area contributed by atoms with Gasteiger partial charge in [0.25, 0.3) is 0 Å². The van der Waals surface area contributed by atoms with Gasteiger partial charge in [0.05, 0.1) is 18.3 Å². The molecule has 126 valence electrons. The molecule has 0 spiro atoms. The molecular weight excluding hydrogens is 315 g/mol.